The average molecular weight is 147 g/mol. The third-order valence-corrected chi connectivity index (χ3v) is 1.69. The molecule has 0 aromatic rings. The summed E-state index contributed by atoms with van der Waals surface area (Å²) in [4.78, 5) is 0. The molecule has 1 radical (unpaired) electrons. The SMILES string of the molecule is [C]1=CCCC=CCCC=CC1. The molecule has 0 aromatic heterocycles. The van der Waals surface area contributed by atoms with Crippen LogP contribution in [0, 0.1) is 6.08 Å². The Hall–Kier alpha value is -0.780. The summed E-state index contributed by atoms with van der Waals surface area (Å²) in [6.07, 6.45) is 20.0. The Morgan fingerprint density at radius 3 is 2.18 bits per heavy atom. The standard InChI is InChI=1S/C11H15/c1-2-4-6-8-10-11-9-7-5-3-1/h1-2,7-9H,3-6,11H2. The zero-order chi connectivity index (χ0) is 7.78. The van der Waals surface area contributed by atoms with E-state index in [4.69, 9.17) is 0 Å². The molecular formula is C11H15. The Morgan fingerprint density at radius 2 is 1.36 bits per heavy atom. The first-order chi connectivity index (χ1) is 5.50. The van der Waals surface area contributed by atoms with Gasteiger partial charge in [0, 0.05) is 0 Å². The van der Waals surface area contributed by atoms with Crippen molar-refractivity contribution in [3.63, 3.8) is 0 Å². The van der Waals surface area contributed by atoms with E-state index in [0.29, 0.717) is 0 Å². The fourth-order valence-electron chi connectivity index (χ4n) is 1.06. The van der Waals surface area contributed by atoms with E-state index in [9.17, 15) is 0 Å². The van der Waals surface area contributed by atoms with Gasteiger partial charge in [-0.05, 0) is 38.2 Å². The topological polar surface area (TPSA) is 0 Å². The van der Waals surface area contributed by atoms with Crippen LogP contribution in [0.2, 0.25) is 0 Å². The fourth-order valence-corrected chi connectivity index (χ4v) is 1.06. The summed E-state index contributed by atoms with van der Waals surface area (Å²) in [5, 5.41) is 0. The molecule has 0 aliphatic heterocycles. The van der Waals surface area contributed by atoms with Gasteiger partial charge in [0.05, 0.1) is 0 Å². The maximum Gasteiger partial charge on any atom is -0.00979 e. The van der Waals surface area contributed by atoms with Crippen molar-refractivity contribution in [1.29, 1.82) is 0 Å². The molecule has 0 nitrogen and oxygen atoms in total. The van der Waals surface area contributed by atoms with Crippen molar-refractivity contribution < 1.29 is 0 Å². The van der Waals surface area contributed by atoms with Gasteiger partial charge in [0.15, 0.2) is 0 Å². The van der Waals surface area contributed by atoms with Crippen LogP contribution in [0.4, 0.5) is 0 Å². The monoisotopic (exact) mass is 147 g/mol. The lowest BCUT2D eigenvalue weighted by Crippen LogP contribution is -1.65. The molecule has 0 saturated carbocycles. The highest BCUT2D eigenvalue weighted by Crippen LogP contribution is 2.00. The largest absolute Gasteiger partial charge is 0.0882 e. The Balaban J connectivity index is 2.34. The predicted octanol–water partition coefficient (Wildman–Crippen LogP) is 3.42. The number of hydrogen-bond acceptors (Lipinski definition) is 0. The molecule has 0 bridgehead atoms. The van der Waals surface area contributed by atoms with Crippen LogP contribution >= 0.6 is 0 Å². The van der Waals surface area contributed by atoms with Crippen molar-refractivity contribution in [2.75, 3.05) is 0 Å². The summed E-state index contributed by atoms with van der Waals surface area (Å²) in [5.41, 5.74) is 0. The quantitative estimate of drug-likeness (QED) is 0.460. The molecule has 0 N–H and O–H groups in total. The molecule has 0 saturated heterocycles. The van der Waals surface area contributed by atoms with Crippen molar-refractivity contribution in [1.82, 2.24) is 0 Å². The lowest BCUT2D eigenvalue weighted by molar-refractivity contribution is 1.01. The average Bonchev–Trinajstić information content (AvgIpc) is 2.08. The van der Waals surface area contributed by atoms with Gasteiger partial charge in [-0.25, -0.2) is 0 Å². The Morgan fingerprint density at radius 1 is 0.727 bits per heavy atom. The summed E-state index contributed by atoms with van der Waals surface area (Å²) in [6, 6.07) is 0. The van der Waals surface area contributed by atoms with Gasteiger partial charge in [-0.1, -0.05) is 30.4 Å². The van der Waals surface area contributed by atoms with Gasteiger partial charge in [-0.3, -0.25) is 0 Å². The van der Waals surface area contributed by atoms with Gasteiger partial charge in [0.25, 0.3) is 0 Å². The summed E-state index contributed by atoms with van der Waals surface area (Å²) in [5.74, 6) is 0. The second kappa shape index (κ2) is 5.96. The number of allylic oxidation sites excluding steroid dienone is 6. The number of rotatable bonds is 0. The zero-order valence-corrected chi connectivity index (χ0v) is 6.92. The molecule has 0 unspecified atom stereocenters. The molecule has 11 heavy (non-hydrogen) atoms. The van der Waals surface area contributed by atoms with E-state index in [1.807, 2.05) is 0 Å². The minimum Gasteiger partial charge on any atom is -0.0882 e. The van der Waals surface area contributed by atoms with E-state index >= 15 is 0 Å². The Bertz CT molecular complexity index is 143. The third kappa shape index (κ3) is 4.60. The molecule has 59 valence electrons. The number of hydrogen-bond donors (Lipinski definition) is 0. The smallest absolute Gasteiger partial charge is 0.00979 e. The minimum absolute atomic E-state index is 0.986. The van der Waals surface area contributed by atoms with Crippen LogP contribution in [-0.2, 0) is 0 Å². The highest BCUT2D eigenvalue weighted by atomic mass is 13.9. The second-order valence-electron chi connectivity index (χ2n) is 2.71. The molecule has 1 rings (SSSR count). The Kier molecular flexibility index (Phi) is 4.51. The molecule has 0 amide bonds. The molecule has 1 aliphatic carbocycles. The van der Waals surface area contributed by atoms with Gasteiger partial charge < -0.3 is 0 Å². The highest BCUT2D eigenvalue weighted by Gasteiger charge is 1.81. The van der Waals surface area contributed by atoms with Gasteiger partial charge in [0.1, 0.15) is 0 Å². The van der Waals surface area contributed by atoms with Crippen molar-refractivity contribution >= 4 is 0 Å². The van der Waals surface area contributed by atoms with E-state index in [1.54, 1.807) is 0 Å². The highest BCUT2D eigenvalue weighted by molar-refractivity contribution is 4.93. The Labute approximate surface area is 69.3 Å². The van der Waals surface area contributed by atoms with Crippen molar-refractivity contribution in [2.24, 2.45) is 0 Å². The minimum atomic E-state index is 0.986. The van der Waals surface area contributed by atoms with E-state index < -0.39 is 0 Å². The van der Waals surface area contributed by atoms with Crippen LogP contribution in [0.1, 0.15) is 32.1 Å². The van der Waals surface area contributed by atoms with Gasteiger partial charge in [0.2, 0.25) is 0 Å². The summed E-state index contributed by atoms with van der Waals surface area (Å²) in [6.45, 7) is 0. The van der Waals surface area contributed by atoms with Crippen LogP contribution in [0.25, 0.3) is 0 Å². The molecule has 1 aliphatic rings. The van der Waals surface area contributed by atoms with Crippen LogP contribution in [0.5, 0.6) is 0 Å². The van der Waals surface area contributed by atoms with Crippen molar-refractivity contribution in [3.05, 3.63) is 36.5 Å². The first kappa shape index (κ1) is 8.32. The summed E-state index contributed by atoms with van der Waals surface area (Å²) < 4.78 is 0. The van der Waals surface area contributed by atoms with E-state index in [1.165, 1.54) is 19.3 Å². The third-order valence-electron chi connectivity index (χ3n) is 1.69. The van der Waals surface area contributed by atoms with Gasteiger partial charge >= 0.3 is 0 Å². The summed E-state index contributed by atoms with van der Waals surface area (Å²) in [7, 11) is 0. The van der Waals surface area contributed by atoms with Gasteiger partial charge in [-0.15, -0.1) is 0 Å². The summed E-state index contributed by atoms with van der Waals surface area (Å²) >= 11 is 0. The van der Waals surface area contributed by atoms with Crippen LogP contribution < -0.4 is 0 Å². The molecule has 0 aromatic carbocycles. The van der Waals surface area contributed by atoms with E-state index in [-0.39, 0.29) is 0 Å². The van der Waals surface area contributed by atoms with Crippen LogP contribution in [0.15, 0.2) is 30.4 Å². The van der Waals surface area contributed by atoms with Gasteiger partial charge in [-0.2, -0.15) is 0 Å². The van der Waals surface area contributed by atoms with Crippen molar-refractivity contribution in [2.45, 2.75) is 32.1 Å². The lowest BCUT2D eigenvalue weighted by atomic mass is 10.2. The predicted molar refractivity (Wildman–Crippen MR) is 49.2 cm³/mol. The van der Waals surface area contributed by atoms with Crippen LogP contribution in [-0.4, -0.2) is 0 Å². The van der Waals surface area contributed by atoms with Crippen LogP contribution in [0.3, 0.4) is 0 Å². The molecule has 0 heteroatoms. The van der Waals surface area contributed by atoms with Crippen molar-refractivity contribution in [3.8, 4) is 0 Å². The fraction of sp³-hybridized carbons (Fsp3) is 0.455. The molecule has 0 atom stereocenters. The molecular weight excluding hydrogens is 132 g/mol. The maximum atomic E-state index is 3.24. The molecule has 0 spiro atoms. The molecule has 0 fully saturated rings. The second-order valence-corrected chi connectivity index (χ2v) is 2.71. The molecule has 0 heterocycles. The van der Waals surface area contributed by atoms with E-state index in [2.05, 4.69) is 36.5 Å². The normalized spacial score (nSPS) is 19.6. The van der Waals surface area contributed by atoms with E-state index in [0.717, 1.165) is 12.8 Å². The lowest BCUT2D eigenvalue weighted by Gasteiger charge is -1.85. The first-order valence-corrected chi connectivity index (χ1v) is 4.35. The maximum absolute atomic E-state index is 3.24. The first-order valence-electron chi connectivity index (χ1n) is 4.35. The zero-order valence-electron chi connectivity index (χ0n) is 6.92.